The minimum Gasteiger partial charge on any atom is -0.496 e. The van der Waals surface area contributed by atoms with Crippen molar-refractivity contribution < 1.29 is 9.53 Å². The van der Waals surface area contributed by atoms with Gasteiger partial charge < -0.3 is 15.4 Å². The number of ether oxygens (including phenoxy) is 1. The minimum atomic E-state index is -0.00606. The van der Waals surface area contributed by atoms with E-state index in [0.717, 1.165) is 47.3 Å². The summed E-state index contributed by atoms with van der Waals surface area (Å²) in [5.41, 5.74) is 1.95. The molecule has 2 aromatic rings. The second-order valence-electron chi connectivity index (χ2n) is 6.58. The second-order valence-corrected chi connectivity index (χ2v) is 7.64. The van der Waals surface area contributed by atoms with Gasteiger partial charge in [-0.2, -0.15) is 0 Å². The van der Waals surface area contributed by atoms with E-state index in [2.05, 4.69) is 28.2 Å². The summed E-state index contributed by atoms with van der Waals surface area (Å²) in [5.74, 6) is 1.65. The molecular weight excluding hydrogens is 370 g/mol. The first kappa shape index (κ1) is 20.5. The van der Waals surface area contributed by atoms with Gasteiger partial charge in [-0.3, -0.25) is 9.69 Å². The second kappa shape index (κ2) is 10.3. The molecular formula is C22H27N3O2S. The van der Waals surface area contributed by atoms with Crippen molar-refractivity contribution in [1.82, 2.24) is 10.2 Å². The number of benzene rings is 2. The van der Waals surface area contributed by atoms with Crippen molar-refractivity contribution in [3.8, 4) is 5.75 Å². The number of anilines is 1. The molecule has 1 aliphatic heterocycles. The molecule has 6 heteroatoms. The van der Waals surface area contributed by atoms with Crippen molar-refractivity contribution in [2.75, 3.05) is 44.4 Å². The number of para-hydroxylation sites is 2. The molecule has 0 saturated carbocycles. The van der Waals surface area contributed by atoms with E-state index >= 15 is 0 Å². The van der Waals surface area contributed by atoms with E-state index in [1.54, 1.807) is 18.9 Å². The predicted octanol–water partition coefficient (Wildman–Crippen LogP) is 3.56. The predicted molar refractivity (Wildman–Crippen MR) is 116 cm³/mol. The summed E-state index contributed by atoms with van der Waals surface area (Å²) >= 11 is 1.66. The maximum atomic E-state index is 12.8. The average molecular weight is 398 g/mol. The Morgan fingerprint density at radius 3 is 2.93 bits per heavy atom. The van der Waals surface area contributed by atoms with E-state index in [0.29, 0.717) is 6.54 Å². The normalized spacial score (nSPS) is 17.1. The lowest BCUT2D eigenvalue weighted by atomic mass is 10.0. The third-order valence-electron chi connectivity index (χ3n) is 4.72. The van der Waals surface area contributed by atoms with Gasteiger partial charge in [0.15, 0.2) is 0 Å². The average Bonchev–Trinajstić information content (AvgIpc) is 2.73. The summed E-state index contributed by atoms with van der Waals surface area (Å²) < 4.78 is 5.53. The van der Waals surface area contributed by atoms with Crippen LogP contribution in [0.4, 0.5) is 5.69 Å². The summed E-state index contributed by atoms with van der Waals surface area (Å²) in [7, 11) is 1.68. The molecule has 1 unspecified atom stereocenters. The van der Waals surface area contributed by atoms with E-state index in [9.17, 15) is 4.79 Å². The SMILES string of the molecule is C=CCSc1ccccc1NC(=O)CN1CCNCC1c1ccccc1OC. The van der Waals surface area contributed by atoms with Crippen LogP contribution in [0.15, 0.2) is 66.1 Å². The first-order valence-corrected chi connectivity index (χ1v) is 10.4. The number of amides is 1. The van der Waals surface area contributed by atoms with Gasteiger partial charge in [0.05, 0.1) is 25.4 Å². The van der Waals surface area contributed by atoms with Crippen LogP contribution in [0, 0.1) is 0 Å². The van der Waals surface area contributed by atoms with Crippen LogP contribution in [0.2, 0.25) is 0 Å². The number of hydrogen-bond donors (Lipinski definition) is 2. The van der Waals surface area contributed by atoms with Gasteiger partial charge in [0.1, 0.15) is 5.75 Å². The standard InChI is InChI=1S/C22H27N3O2S/c1-3-14-28-21-11-7-5-9-18(21)24-22(26)16-25-13-12-23-15-19(25)17-8-4-6-10-20(17)27-2/h3-11,19,23H,1,12-16H2,2H3,(H,24,26). The topological polar surface area (TPSA) is 53.6 Å². The zero-order valence-electron chi connectivity index (χ0n) is 16.2. The largest absolute Gasteiger partial charge is 0.496 e. The first-order chi connectivity index (χ1) is 13.7. The summed E-state index contributed by atoms with van der Waals surface area (Å²) in [5, 5.41) is 6.51. The Kier molecular flexibility index (Phi) is 7.54. The fourth-order valence-corrected chi connectivity index (χ4v) is 4.15. The molecule has 1 fully saturated rings. The molecule has 1 atom stereocenters. The van der Waals surface area contributed by atoms with Crippen LogP contribution in [0.25, 0.3) is 0 Å². The van der Waals surface area contributed by atoms with E-state index in [-0.39, 0.29) is 11.9 Å². The maximum absolute atomic E-state index is 12.8. The summed E-state index contributed by atoms with van der Waals surface area (Å²) in [6.45, 7) is 6.57. The number of thioether (sulfide) groups is 1. The number of hydrogen-bond acceptors (Lipinski definition) is 5. The van der Waals surface area contributed by atoms with Crippen molar-refractivity contribution in [3.63, 3.8) is 0 Å². The molecule has 2 aromatic carbocycles. The first-order valence-electron chi connectivity index (χ1n) is 9.43. The number of carbonyl (C=O) groups is 1. The van der Waals surface area contributed by atoms with Crippen LogP contribution in [0.5, 0.6) is 5.75 Å². The Bertz CT molecular complexity index is 812. The molecule has 3 rings (SSSR count). The molecule has 1 aliphatic rings. The zero-order valence-corrected chi connectivity index (χ0v) is 17.0. The highest BCUT2D eigenvalue weighted by molar-refractivity contribution is 7.99. The van der Waals surface area contributed by atoms with Crippen LogP contribution in [0.3, 0.4) is 0 Å². The maximum Gasteiger partial charge on any atom is 0.238 e. The highest BCUT2D eigenvalue weighted by Crippen LogP contribution is 2.30. The van der Waals surface area contributed by atoms with Crippen LogP contribution in [-0.2, 0) is 4.79 Å². The van der Waals surface area contributed by atoms with Crippen molar-refractivity contribution in [3.05, 3.63) is 66.7 Å². The zero-order chi connectivity index (χ0) is 19.8. The summed E-state index contributed by atoms with van der Waals surface area (Å²) in [6, 6.07) is 16.0. The molecule has 28 heavy (non-hydrogen) atoms. The van der Waals surface area contributed by atoms with Crippen molar-refractivity contribution in [2.24, 2.45) is 0 Å². The van der Waals surface area contributed by atoms with Crippen LogP contribution < -0.4 is 15.4 Å². The Morgan fingerprint density at radius 2 is 2.11 bits per heavy atom. The lowest BCUT2D eigenvalue weighted by Gasteiger charge is -2.36. The van der Waals surface area contributed by atoms with E-state index in [1.165, 1.54) is 0 Å². The van der Waals surface area contributed by atoms with E-state index in [4.69, 9.17) is 4.74 Å². The van der Waals surface area contributed by atoms with Gasteiger partial charge in [0.25, 0.3) is 0 Å². The van der Waals surface area contributed by atoms with Gasteiger partial charge in [-0.25, -0.2) is 0 Å². The lowest BCUT2D eigenvalue weighted by molar-refractivity contribution is -0.118. The third-order valence-corrected chi connectivity index (χ3v) is 5.79. The number of methoxy groups -OCH3 is 1. The fraction of sp³-hybridized carbons (Fsp3) is 0.318. The highest BCUT2D eigenvalue weighted by atomic mass is 32.2. The molecule has 2 N–H and O–H groups in total. The molecule has 0 bridgehead atoms. The molecule has 1 saturated heterocycles. The quantitative estimate of drug-likeness (QED) is 0.527. The molecule has 148 valence electrons. The van der Waals surface area contributed by atoms with Gasteiger partial charge in [0, 0.05) is 35.8 Å². The van der Waals surface area contributed by atoms with Gasteiger partial charge in [0.2, 0.25) is 5.91 Å². The fourth-order valence-electron chi connectivity index (χ4n) is 3.40. The highest BCUT2D eigenvalue weighted by Gasteiger charge is 2.27. The lowest BCUT2D eigenvalue weighted by Crippen LogP contribution is -2.48. The molecule has 0 radical (unpaired) electrons. The Morgan fingerprint density at radius 1 is 1.32 bits per heavy atom. The molecule has 5 nitrogen and oxygen atoms in total. The van der Waals surface area contributed by atoms with Crippen LogP contribution >= 0.6 is 11.8 Å². The van der Waals surface area contributed by atoms with E-state index < -0.39 is 0 Å². The van der Waals surface area contributed by atoms with Crippen molar-refractivity contribution in [1.29, 1.82) is 0 Å². The number of nitrogens with one attached hydrogen (secondary N) is 2. The Labute approximate surface area is 171 Å². The molecule has 0 spiro atoms. The monoisotopic (exact) mass is 397 g/mol. The Hall–Kier alpha value is -2.28. The summed E-state index contributed by atoms with van der Waals surface area (Å²) in [6.07, 6.45) is 1.86. The van der Waals surface area contributed by atoms with Gasteiger partial charge in [-0.05, 0) is 18.2 Å². The number of nitrogens with zero attached hydrogens (tertiary/aromatic N) is 1. The van der Waals surface area contributed by atoms with Crippen molar-refractivity contribution in [2.45, 2.75) is 10.9 Å². The minimum absolute atomic E-state index is 0.00606. The third kappa shape index (κ3) is 5.16. The van der Waals surface area contributed by atoms with Gasteiger partial charge >= 0.3 is 0 Å². The van der Waals surface area contributed by atoms with Gasteiger partial charge in [-0.15, -0.1) is 18.3 Å². The molecule has 0 aliphatic carbocycles. The van der Waals surface area contributed by atoms with Crippen LogP contribution in [0.1, 0.15) is 11.6 Å². The van der Waals surface area contributed by atoms with E-state index in [1.807, 2.05) is 48.5 Å². The summed E-state index contributed by atoms with van der Waals surface area (Å²) in [4.78, 5) is 16.1. The molecule has 0 aromatic heterocycles. The Balaban J connectivity index is 1.71. The smallest absolute Gasteiger partial charge is 0.238 e. The molecule has 1 heterocycles. The number of piperazine rings is 1. The molecule has 1 amide bonds. The number of rotatable bonds is 8. The van der Waals surface area contributed by atoms with Crippen LogP contribution in [-0.4, -0.2) is 49.8 Å². The van der Waals surface area contributed by atoms with Crippen molar-refractivity contribution >= 4 is 23.4 Å². The van der Waals surface area contributed by atoms with Gasteiger partial charge in [-0.1, -0.05) is 36.4 Å². The number of carbonyl (C=O) groups excluding carboxylic acids is 1.